The second-order valence-electron chi connectivity index (χ2n) is 2.94. The molecular formula is C10H11F2NO. The smallest absolute Gasteiger partial charge is 0.176 e. The Hall–Kier alpha value is -1.29. The fraction of sp³-hybridized carbons (Fsp3) is 0.300. The van der Waals surface area contributed by atoms with Crippen LogP contribution in [-0.2, 0) is 0 Å². The predicted molar refractivity (Wildman–Crippen MR) is 49.3 cm³/mol. The minimum Gasteiger partial charge on any atom is -0.324 e. The zero-order valence-electron chi connectivity index (χ0n) is 7.76. The van der Waals surface area contributed by atoms with Crippen molar-refractivity contribution in [2.24, 2.45) is 5.73 Å². The fourth-order valence-electron chi connectivity index (χ4n) is 1.29. The Balaban J connectivity index is 3.28. The molecule has 1 rings (SSSR count). The lowest BCUT2D eigenvalue weighted by Crippen LogP contribution is -2.16. The van der Waals surface area contributed by atoms with Gasteiger partial charge in [-0.1, -0.05) is 12.1 Å². The molecule has 0 fully saturated rings. The Bertz CT molecular complexity index is 350. The zero-order chi connectivity index (χ0) is 10.7. The van der Waals surface area contributed by atoms with Crippen LogP contribution >= 0.6 is 0 Å². The Morgan fingerprint density at radius 2 is 2.21 bits per heavy atom. The van der Waals surface area contributed by atoms with E-state index in [1.165, 1.54) is 19.1 Å². The van der Waals surface area contributed by atoms with Gasteiger partial charge in [-0.2, -0.15) is 0 Å². The first-order chi connectivity index (χ1) is 6.57. The number of hydrogen-bond donors (Lipinski definition) is 1. The van der Waals surface area contributed by atoms with E-state index in [0.29, 0.717) is 0 Å². The lowest BCUT2D eigenvalue weighted by Gasteiger charge is -2.09. The maximum Gasteiger partial charge on any atom is 0.176 e. The molecule has 0 aliphatic rings. The van der Waals surface area contributed by atoms with Gasteiger partial charge in [-0.25, -0.2) is 8.78 Å². The summed E-state index contributed by atoms with van der Waals surface area (Å²) in [6, 6.07) is 3.87. The second kappa shape index (κ2) is 4.28. The van der Waals surface area contributed by atoms with E-state index in [0.717, 1.165) is 6.07 Å². The molecule has 2 N–H and O–H groups in total. The van der Waals surface area contributed by atoms with Crippen LogP contribution in [-0.4, -0.2) is 12.3 Å². The Labute approximate surface area is 80.7 Å². The van der Waals surface area contributed by atoms with E-state index < -0.39 is 17.8 Å². The van der Waals surface area contributed by atoms with Crippen molar-refractivity contribution in [1.29, 1.82) is 0 Å². The Morgan fingerprint density at radius 3 is 2.71 bits per heavy atom. The largest absolute Gasteiger partial charge is 0.324 e. The highest BCUT2D eigenvalue weighted by atomic mass is 19.1. The van der Waals surface area contributed by atoms with Gasteiger partial charge in [0.25, 0.3) is 0 Å². The molecule has 0 saturated carbocycles. The molecule has 0 spiro atoms. The molecule has 76 valence electrons. The van der Waals surface area contributed by atoms with E-state index in [4.69, 9.17) is 5.73 Å². The van der Waals surface area contributed by atoms with Crippen LogP contribution in [0.1, 0.15) is 29.0 Å². The topological polar surface area (TPSA) is 43.1 Å². The maximum atomic E-state index is 13.2. The van der Waals surface area contributed by atoms with Gasteiger partial charge in [0, 0.05) is 11.1 Å². The summed E-state index contributed by atoms with van der Waals surface area (Å²) < 4.78 is 26.2. The Morgan fingerprint density at radius 1 is 1.57 bits per heavy atom. The number of ketones is 1. The third-order valence-electron chi connectivity index (χ3n) is 1.94. The molecule has 0 aliphatic carbocycles. The van der Waals surface area contributed by atoms with Crippen LogP contribution in [0, 0.1) is 5.82 Å². The van der Waals surface area contributed by atoms with Gasteiger partial charge in [0.2, 0.25) is 0 Å². The third-order valence-corrected chi connectivity index (χ3v) is 1.94. The van der Waals surface area contributed by atoms with Gasteiger partial charge in [-0.05, 0) is 13.0 Å². The molecule has 0 radical (unpaired) electrons. The van der Waals surface area contributed by atoms with Crippen LogP contribution in [0.5, 0.6) is 0 Å². The standard InChI is InChI=1S/C10H11F2NO/c1-6(11)10-7(9(14)5-13)3-2-4-8(10)12/h2-4,6H,5,13H2,1H3. The molecule has 0 saturated heterocycles. The van der Waals surface area contributed by atoms with Gasteiger partial charge in [-0.3, -0.25) is 4.79 Å². The van der Waals surface area contributed by atoms with Gasteiger partial charge < -0.3 is 5.73 Å². The van der Waals surface area contributed by atoms with Crippen molar-refractivity contribution in [3.63, 3.8) is 0 Å². The number of carbonyl (C=O) groups is 1. The van der Waals surface area contributed by atoms with Gasteiger partial charge >= 0.3 is 0 Å². The van der Waals surface area contributed by atoms with Gasteiger partial charge in [-0.15, -0.1) is 0 Å². The molecule has 1 atom stereocenters. The second-order valence-corrected chi connectivity index (χ2v) is 2.94. The number of rotatable bonds is 3. The monoisotopic (exact) mass is 199 g/mol. The number of carbonyl (C=O) groups excluding carboxylic acids is 1. The molecule has 1 aromatic rings. The van der Waals surface area contributed by atoms with Crippen LogP contribution in [0.4, 0.5) is 8.78 Å². The average Bonchev–Trinajstić information content (AvgIpc) is 2.15. The first-order valence-electron chi connectivity index (χ1n) is 4.23. The SMILES string of the molecule is CC(F)c1c(F)cccc1C(=O)CN. The van der Waals surface area contributed by atoms with E-state index >= 15 is 0 Å². The van der Waals surface area contributed by atoms with Gasteiger partial charge in [0.1, 0.15) is 12.0 Å². The highest BCUT2D eigenvalue weighted by molar-refractivity contribution is 5.99. The normalized spacial score (nSPS) is 12.6. The molecule has 1 aromatic carbocycles. The molecule has 0 aromatic heterocycles. The van der Waals surface area contributed by atoms with Gasteiger partial charge in [0.15, 0.2) is 5.78 Å². The van der Waals surface area contributed by atoms with E-state index in [9.17, 15) is 13.6 Å². The van der Waals surface area contributed by atoms with Crippen molar-refractivity contribution in [3.05, 3.63) is 35.1 Å². The van der Waals surface area contributed by atoms with Crippen LogP contribution in [0.15, 0.2) is 18.2 Å². The Kier molecular flexibility index (Phi) is 3.30. The molecule has 1 unspecified atom stereocenters. The lowest BCUT2D eigenvalue weighted by atomic mass is 10.00. The van der Waals surface area contributed by atoms with E-state index in [-0.39, 0.29) is 17.7 Å². The maximum absolute atomic E-state index is 13.2. The van der Waals surface area contributed by atoms with Crippen molar-refractivity contribution < 1.29 is 13.6 Å². The first-order valence-corrected chi connectivity index (χ1v) is 4.23. The lowest BCUT2D eigenvalue weighted by molar-refractivity contribution is 0.0998. The summed E-state index contributed by atoms with van der Waals surface area (Å²) >= 11 is 0. The summed E-state index contributed by atoms with van der Waals surface area (Å²) in [6.45, 7) is 0.939. The summed E-state index contributed by atoms with van der Waals surface area (Å²) in [4.78, 5) is 11.2. The molecule has 14 heavy (non-hydrogen) atoms. The number of alkyl halides is 1. The zero-order valence-corrected chi connectivity index (χ0v) is 7.76. The number of halogens is 2. The van der Waals surface area contributed by atoms with Crippen molar-refractivity contribution in [2.75, 3.05) is 6.54 Å². The van der Waals surface area contributed by atoms with Crippen molar-refractivity contribution in [1.82, 2.24) is 0 Å². The van der Waals surface area contributed by atoms with E-state index in [1.54, 1.807) is 0 Å². The molecule has 0 bridgehead atoms. The highest BCUT2D eigenvalue weighted by Gasteiger charge is 2.18. The van der Waals surface area contributed by atoms with Crippen molar-refractivity contribution >= 4 is 5.78 Å². The highest BCUT2D eigenvalue weighted by Crippen LogP contribution is 2.24. The summed E-state index contributed by atoms with van der Waals surface area (Å²) in [5.41, 5.74) is 4.95. The van der Waals surface area contributed by atoms with Crippen LogP contribution < -0.4 is 5.73 Å². The molecule has 4 heteroatoms. The van der Waals surface area contributed by atoms with E-state index in [1.807, 2.05) is 0 Å². The predicted octanol–water partition coefficient (Wildman–Crippen LogP) is 2.00. The molecule has 0 amide bonds. The van der Waals surface area contributed by atoms with Crippen LogP contribution in [0.2, 0.25) is 0 Å². The third kappa shape index (κ3) is 1.96. The van der Waals surface area contributed by atoms with E-state index in [2.05, 4.69) is 0 Å². The molecular weight excluding hydrogens is 188 g/mol. The minimum absolute atomic E-state index is 0.0301. The average molecular weight is 199 g/mol. The summed E-state index contributed by atoms with van der Waals surface area (Å²) in [7, 11) is 0. The molecule has 0 heterocycles. The van der Waals surface area contributed by atoms with Crippen molar-refractivity contribution in [2.45, 2.75) is 13.1 Å². The summed E-state index contributed by atoms with van der Waals surface area (Å²) in [5, 5.41) is 0. The van der Waals surface area contributed by atoms with Gasteiger partial charge in [0.05, 0.1) is 6.54 Å². The number of benzene rings is 1. The fourth-order valence-corrected chi connectivity index (χ4v) is 1.29. The number of hydrogen-bond acceptors (Lipinski definition) is 2. The minimum atomic E-state index is -1.51. The van der Waals surface area contributed by atoms with Crippen LogP contribution in [0.3, 0.4) is 0 Å². The number of Topliss-reactive ketones (excluding diaryl/α,β-unsaturated/α-hetero) is 1. The molecule has 2 nitrogen and oxygen atoms in total. The summed E-state index contributed by atoms with van der Waals surface area (Å²) in [6.07, 6.45) is -1.51. The quantitative estimate of drug-likeness (QED) is 0.756. The molecule has 0 aliphatic heterocycles. The van der Waals surface area contributed by atoms with Crippen molar-refractivity contribution in [3.8, 4) is 0 Å². The van der Waals surface area contributed by atoms with Crippen LogP contribution in [0.25, 0.3) is 0 Å². The first kappa shape index (κ1) is 10.8. The number of nitrogens with two attached hydrogens (primary N) is 1. The summed E-state index contributed by atoms with van der Waals surface area (Å²) in [5.74, 6) is -1.16.